The third-order valence-corrected chi connectivity index (χ3v) is 5.79. The summed E-state index contributed by atoms with van der Waals surface area (Å²) in [6, 6.07) is 4.72. The number of benzene rings is 2. The van der Waals surface area contributed by atoms with Crippen LogP contribution < -0.4 is 5.32 Å². The highest BCUT2D eigenvalue weighted by Crippen LogP contribution is 2.38. The van der Waals surface area contributed by atoms with Gasteiger partial charge >= 0.3 is 5.51 Å². The zero-order chi connectivity index (χ0) is 22.4. The van der Waals surface area contributed by atoms with Crippen LogP contribution >= 0.6 is 11.6 Å². The summed E-state index contributed by atoms with van der Waals surface area (Å²) in [5.74, 6) is -1.98. The molecule has 2 aromatic rings. The minimum atomic E-state index is -5.61. The molecule has 0 atom stereocenters. The van der Waals surface area contributed by atoms with Crippen molar-refractivity contribution in [1.82, 2.24) is 0 Å². The first-order chi connectivity index (χ1) is 13.1. The fourth-order valence-corrected chi connectivity index (χ4v) is 3.57. The molecule has 1 amide bonds. The second-order valence-corrected chi connectivity index (χ2v) is 9.50. The Labute approximate surface area is 169 Å². The standard InChI is InChI=1S/C18H17ClF3NO5S/c1-17(2,3)10-5-7-13(24)14(15(10)25)16(26)23-12-6-4-9(8-11(12)19)29(27,28)18(20,21)22/h4-8,24-25H,1-3H3,(H,23,26). The van der Waals surface area contributed by atoms with Crippen molar-refractivity contribution in [3.63, 3.8) is 0 Å². The second-order valence-electron chi connectivity index (χ2n) is 7.15. The van der Waals surface area contributed by atoms with Gasteiger partial charge in [-0.2, -0.15) is 13.2 Å². The molecule has 2 rings (SSSR count). The van der Waals surface area contributed by atoms with Gasteiger partial charge in [-0.1, -0.05) is 38.4 Å². The molecule has 6 nitrogen and oxygen atoms in total. The largest absolute Gasteiger partial charge is 0.507 e. The number of nitrogens with one attached hydrogen (secondary N) is 1. The lowest BCUT2D eigenvalue weighted by Crippen LogP contribution is -2.23. The van der Waals surface area contributed by atoms with Crippen molar-refractivity contribution in [2.24, 2.45) is 0 Å². The first kappa shape index (κ1) is 22.8. The van der Waals surface area contributed by atoms with E-state index >= 15 is 0 Å². The number of carbonyl (C=O) groups is 1. The van der Waals surface area contributed by atoms with Crippen LogP contribution in [0.25, 0.3) is 0 Å². The molecule has 0 unspecified atom stereocenters. The van der Waals surface area contributed by atoms with Gasteiger partial charge in [0.2, 0.25) is 0 Å². The van der Waals surface area contributed by atoms with E-state index in [2.05, 4.69) is 5.32 Å². The van der Waals surface area contributed by atoms with Crippen molar-refractivity contribution < 1.29 is 36.6 Å². The number of rotatable bonds is 3. The highest BCUT2D eigenvalue weighted by molar-refractivity contribution is 7.92. The summed E-state index contributed by atoms with van der Waals surface area (Å²) in [5.41, 5.74) is -6.36. The molecule has 2 aromatic carbocycles. The normalized spacial score (nSPS) is 12.7. The van der Waals surface area contributed by atoms with E-state index in [9.17, 15) is 36.6 Å². The van der Waals surface area contributed by atoms with Crippen molar-refractivity contribution in [2.45, 2.75) is 36.6 Å². The van der Waals surface area contributed by atoms with Crippen LogP contribution in [-0.4, -0.2) is 30.0 Å². The van der Waals surface area contributed by atoms with Crippen LogP contribution in [-0.2, 0) is 15.3 Å². The summed E-state index contributed by atoms with van der Waals surface area (Å²) in [5, 5.41) is 22.1. The van der Waals surface area contributed by atoms with Crippen LogP contribution in [0.4, 0.5) is 18.9 Å². The lowest BCUT2D eigenvalue weighted by atomic mass is 9.85. The molecule has 0 spiro atoms. The van der Waals surface area contributed by atoms with Crippen LogP contribution in [0.2, 0.25) is 5.02 Å². The summed E-state index contributed by atoms with van der Waals surface area (Å²) in [6.45, 7) is 5.33. The maximum atomic E-state index is 12.6. The minimum Gasteiger partial charge on any atom is -0.507 e. The monoisotopic (exact) mass is 451 g/mol. The Bertz CT molecular complexity index is 1080. The van der Waals surface area contributed by atoms with E-state index in [1.165, 1.54) is 12.1 Å². The Kier molecular flexibility index (Phi) is 5.84. The number of aromatic hydroxyl groups is 2. The highest BCUT2D eigenvalue weighted by atomic mass is 35.5. The Morgan fingerprint density at radius 2 is 1.66 bits per heavy atom. The number of alkyl halides is 3. The summed E-state index contributed by atoms with van der Waals surface area (Å²) >= 11 is 5.83. The molecule has 0 bridgehead atoms. The zero-order valence-electron chi connectivity index (χ0n) is 15.4. The lowest BCUT2D eigenvalue weighted by molar-refractivity contribution is -0.0436. The Hall–Kier alpha value is -2.46. The molecular formula is C18H17ClF3NO5S. The predicted octanol–water partition coefficient (Wildman–Crippen LogP) is 4.59. The number of phenolic OH excluding ortho intramolecular Hbond substituents is 2. The van der Waals surface area contributed by atoms with Gasteiger partial charge in [0.05, 0.1) is 15.6 Å². The van der Waals surface area contributed by atoms with Crippen LogP contribution in [0.1, 0.15) is 36.7 Å². The molecule has 0 aliphatic carbocycles. The maximum Gasteiger partial charge on any atom is 0.501 e. The van der Waals surface area contributed by atoms with E-state index in [1.54, 1.807) is 20.8 Å². The van der Waals surface area contributed by atoms with Gasteiger partial charge < -0.3 is 15.5 Å². The number of sulfone groups is 1. The Morgan fingerprint density at radius 3 is 2.14 bits per heavy atom. The van der Waals surface area contributed by atoms with Crippen molar-refractivity contribution in [2.75, 3.05) is 5.32 Å². The van der Waals surface area contributed by atoms with E-state index in [-0.39, 0.29) is 5.69 Å². The molecule has 0 saturated carbocycles. The summed E-state index contributed by atoms with van der Waals surface area (Å²) in [6.07, 6.45) is 0. The molecule has 0 saturated heterocycles. The fraction of sp³-hybridized carbons (Fsp3) is 0.278. The smallest absolute Gasteiger partial charge is 0.501 e. The number of amides is 1. The van der Waals surface area contributed by atoms with E-state index in [1.807, 2.05) is 0 Å². The number of carbonyl (C=O) groups excluding carboxylic acids is 1. The number of phenols is 2. The maximum absolute atomic E-state index is 12.6. The molecule has 0 heterocycles. The molecule has 0 fully saturated rings. The van der Waals surface area contributed by atoms with E-state index in [0.717, 1.165) is 6.07 Å². The third-order valence-electron chi connectivity index (χ3n) is 3.99. The van der Waals surface area contributed by atoms with Crippen LogP contribution in [0.3, 0.4) is 0 Å². The molecular weight excluding hydrogens is 435 g/mol. The molecule has 0 aromatic heterocycles. The van der Waals surface area contributed by atoms with Gasteiger partial charge in [-0.15, -0.1) is 0 Å². The summed E-state index contributed by atoms with van der Waals surface area (Å²) in [4.78, 5) is 11.5. The van der Waals surface area contributed by atoms with Gasteiger partial charge in [0.15, 0.2) is 0 Å². The average Bonchev–Trinajstić information content (AvgIpc) is 2.54. The molecule has 0 aliphatic heterocycles. The Morgan fingerprint density at radius 1 is 1.07 bits per heavy atom. The average molecular weight is 452 g/mol. The van der Waals surface area contributed by atoms with Gasteiger partial charge in [-0.3, -0.25) is 4.79 Å². The zero-order valence-corrected chi connectivity index (χ0v) is 17.0. The summed E-state index contributed by atoms with van der Waals surface area (Å²) < 4.78 is 60.8. The van der Waals surface area contributed by atoms with Crippen LogP contribution in [0.5, 0.6) is 11.5 Å². The first-order valence-electron chi connectivity index (χ1n) is 8.05. The summed E-state index contributed by atoms with van der Waals surface area (Å²) in [7, 11) is -5.61. The fourth-order valence-electron chi connectivity index (χ4n) is 2.49. The molecule has 3 N–H and O–H groups in total. The first-order valence-corrected chi connectivity index (χ1v) is 9.91. The topological polar surface area (TPSA) is 104 Å². The number of hydrogen-bond acceptors (Lipinski definition) is 5. The van der Waals surface area contributed by atoms with Crippen molar-refractivity contribution in [3.05, 3.63) is 46.5 Å². The molecule has 11 heteroatoms. The number of anilines is 1. The lowest BCUT2D eigenvalue weighted by Gasteiger charge is -2.22. The number of halogens is 4. The van der Waals surface area contributed by atoms with Gasteiger partial charge in [-0.25, -0.2) is 8.42 Å². The van der Waals surface area contributed by atoms with Crippen molar-refractivity contribution in [3.8, 4) is 11.5 Å². The van der Waals surface area contributed by atoms with Gasteiger partial charge in [0.1, 0.15) is 17.1 Å². The number of hydrogen-bond donors (Lipinski definition) is 3. The quantitative estimate of drug-likeness (QED) is 0.633. The van der Waals surface area contributed by atoms with Crippen molar-refractivity contribution in [1.29, 1.82) is 0 Å². The van der Waals surface area contributed by atoms with Crippen molar-refractivity contribution >= 4 is 33.0 Å². The van der Waals surface area contributed by atoms with Crippen LogP contribution in [0.15, 0.2) is 35.2 Å². The predicted molar refractivity (Wildman–Crippen MR) is 101 cm³/mol. The highest BCUT2D eigenvalue weighted by Gasteiger charge is 2.47. The van der Waals surface area contributed by atoms with E-state index in [0.29, 0.717) is 17.7 Å². The van der Waals surface area contributed by atoms with Gasteiger partial charge in [0.25, 0.3) is 15.7 Å². The SMILES string of the molecule is CC(C)(C)c1ccc(O)c(C(=O)Nc2ccc(S(=O)(=O)C(F)(F)F)cc2Cl)c1O. The van der Waals surface area contributed by atoms with E-state index in [4.69, 9.17) is 11.6 Å². The third kappa shape index (κ3) is 4.43. The van der Waals surface area contributed by atoms with Crippen LogP contribution in [0, 0.1) is 0 Å². The van der Waals surface area contributed by atoms with Gasteiger partial charge in [-0.05, 0) is 29.7 Å². The van der Waals surface area contributed by atoms with E-state index < -0.39 is 53.6 Å². The molecule has 29 heavy (non-hydrogen) atoms. The van der Waals surface area contributed by atoms with Gasteiger partial charge in [0, 0.05) is 5.56 Å². The second kappa shape index (κ2) is 7.42. The molecule has 0 radical (unpaired) electrons. The minimum absolute atomic E-state index is 0.210. The molecule has 158 valence electrons. The Balaban J connectivity index is 2.43. The molecule has 0 aliphatic rings.